The van der Waals surface area contributed by atoms with Crippen LogP contribution in [0.15, 0.2) is 30.3 Å². The SMILES string of the molecule is CCC[C@H]1C[C@H](O)C[C@H](C)C[C@@H]2C[C@H](OCc3ccccc3)C[C@H](CC(=O)O1)O2. The standard InChI is InChI=1S/C24H36O5/c1-3-7-20-12-19(25)10-17(2)11-22-13-21(14-23(28-22)15-24(26)29-20)27-16-18-8-5-4-6-9-18/h4-6,8-9,17,19-23,25H,3,7,10-16H2,1-2H3/t17-,19+,20-,21-,22+,23+/m0/s1. The third-order valence-electron chi connectivity index (χ3n) is 5.94. The van der Waals surface area contributed by atoms with Gasteiger partial charge in [-0.15, -0.1) is 0 Å². The molecule has 3 rings (SSSR count). The van der Waals surface area contributed by atoms with Crippen LogP contribution in [0.1, 0.15) is 70.8 Å². The van der Waals surface area contributed by atoms with Crippen molar-refractivity contribution in [3.63, 3.8) is 0 Å². The summed E-state index contributed by atoms with van der Waals surface area (Å²) in [5.74, 6) is 0.123. The minimum atomic E-state index is -0.446. The van der Waals surface area contributed by atoms with Crippen LogP contribution in [0, 0.1) is 5.92 Å². The number of carbonyl (C=O) groups excluding carboxylic acids is 1. The maximum Gasteiger partial charge on any atom is 0.308 e. The third-order valence-corrected chi connectivity index (χ3v) is 5.94. The molecule has 0 amide bonds. The Kier molecular flexibility index (Phi) is 8.52. The lowest BCUT2D eigenvalue weighted by Gasteiger charge is -2.37. The van der Waals surface area contributed by atoms with Gasteiger partial charge in [0.1, 0.15) is 6.10 Å². The molecule has 0 unspecified atom stereocenters. The lowest BCUT2D eigenvalue weighted by Crippen LogP contribution is -2.40. The molecule has 0 spiro atoms. The van der Waals surface area contributed by atoms with Crippen molar-refractivity contribution in [2.24, 2.45) is 5.92 Å². The Morgan fingerprint density at radius 3 is 2.59 bits per heavy atom. The second-order valence-electron chi connectivity index (χ2n) is 8.84. The number of benzene rings is 1. The number of ether oxygens (including phenoxy) is 3. The van der Waals surface area contributed by atoms with Gasteiger partial charge in [-0.1, -0.05) is 50.6 Å². The number of esters is 1. The predicted molar refractivity (Wildman–Crippen MR) is 111 cm³/mol. The van der Waals surface area contributed by atoms with E-state index in [-0.39, 0.29) is 36.8 Å². The van der Waals surface area contributed by atoms with Gasteiger partial charge in [0.05, 0.1) is 37.4 Å². The van der Waals surface area contributed by atoms with Crippen LogP contribution >= 0.6 is 0 Å². The molecule has 6 atom stereocenters. The number of hydrogen-bond donors (Lipinski definition) is 1. The number of cyclic esters (lactones) is 1. The van der Waals surface area contributed by atoms with E-state index in [4.69, 9.17) is 14.2 Å². The summed E-state index contributed by atoms with van der Waals surface area (Å²) >= 11 is 0. The topological polar surface area (TPSA) is 65.0 Å². The van der Waals surface area contributed by atoms with Crippen molar-refractivity contribution < 1.29 is 24.1 Å². The molecule has 2 aliphatic rings. The van der Waals surface area contributed by atoms with E-state index in [0.717, 1.165) is 31.2 Å². The van der Waals surface area contributed by atoms with Crippen LogP contribution < -0.4 is 0 Å². The van der Waals surface area contributed by atoms with Gasteiger partial charge in [-0.05, 0) is 37.2 Å². The molecule has 2 fully saturated rings. The average molecular weight is 405 g/mol. The smallest absolute Gasteiger partial charge is 0.308 e. The molecule has 0 aromatic heterocycles. The molecule has 5 heteroatoms. The Morgan fingerprint density at radius 2 is 1.83 bits per heavy atom. The highest BCUT2D eigenvalue weighted by atomic mass is 16.6. The monoisotopic (exact) mass is 404 g/mol. The van der Waals surface area contributed by atoms with Crippen molar-refractivity contribution in [3.8, 4) is 0 Å². The largest absolute Gasteiger partial charge is 0.462 e. The molecule has 5 nitrogen and oxygen atoms in total. The molecule has 0 radical (unpaired) electrons. The van der Waals surface area contributed by atoms with Gasteiger partial charge in [-0.3, -0.25) is 4.79 Å². The van der Waals surface area contributed by atoms with Crippen molar-refractivity contribution in [2.45, 2.75) is 102 Å². The van der Waals surface area contributed by atoms with Gasteiger partial charge in [0.25, 0.3) is 0 Å². The first-order chi connectivity index (χ1) is 14.0. The highest BCUT2D eigenvalue weighted by Crippen LogP contribution is 2.31. The first-order valence-electron chi connectivity index (χ1n) is 11.2. The summed E-state index contributed by atoms with van der Waals surface area (Å²) in [7, 11) is 0. The van der Waals surface area contributed by atoms with E-state index < -0.39 is 6.10 Å². The van der Waals surface area contributed by atoms with Gasteiger partial charge in [0.2, 0.25) is 0 Å². The predicted octanol–water partition coefficient (Wildman–Crippen LogP) is 4.40. The average Bonchev–Trinajstić information content (AvgIpc) is 2.66. The molecule has 1 aromatic rings. The summed E-state index contributed by atoms with van der Waals surface area (Å²) in [4.78, 5) is 12.5. The summed E-state index contributed by atoms with van der Waals surface area (Å²) in [6.07, 6.45) is 4.93. The highest BCUT2D eigenvalue weighted by Gasteiger charge is 2.34. The second kappa shape index (κ2) is 11.1. The van der Waals surface area contributed by atoms with Gasteiger partial charge in [0, 0.05) is 12.8 Å². The second-order valence-corrected chi connectivity index (χ2v) is 8.84. The maximum atomic E-state index is 12.5. The molecule has 2 bridgehead atoms. The fraction of sp³-hybridized carbons (Fsp3) is 0.708. The number of hydrogen-bond acceptors (Lipinski definition) is 5. The van der Waals surface area contributed by atoms with Crippen molar-refractivity contribution in [1.82, 2.24) is 0 Å². The fourth-order valence-electron chi connectivity index (χ4n) is 4.65. The molecule has 162 valence electrons. The lowest BCUT2D eigenvalue weighted by molar-refractivity contribution is -0.164. The van der Waals surface area contributed by atoms with Crippen LogP contribution in [0.5, 0.6) is 0 Å². The Hall–Kier alpha value is -1.43. The summed E-state index contributed by atoms with van der Waals surface area (Å²) < 4.78 is 18.2. The summed E-state index contributed by atoms with van der Waals surface area (Å²) in [5.41, 5.74) is 1.15. The van der Waals surface area contributed by atoms with Crippen LogP contribution in [-0.2, 0) is 25.6 Å². The van der Waals surface area contributed by atoms with Gasteiger partial charge in [0.15, 0.2) is 0 Å². The fourth-order valence-corrected chi connectivity index (χ4v) is 4.65. The molecular weight excluding hydrogens is 368 g/mol. The van der Waals surface area contributed by atoms with Gasteiger partial charge >= 0.3 is 5.97 Å². The zero-order valence-electron chi connectivity index (χ0n) is 17.8. The van der Waals surface area contributed by atoms with E-state index in [1.807, 2.05) is 18.2 Å². The molecule has 0 aliphatic carbocycles. The van der Waals surface area contributed by atoms with Crippen LogP contribution in [0.4, 0.5) is 0 Å². The summed E-state index contributed by atoms with van der Waals surface area (Å²) in [5, 5.41) is 10.5. The number of aliphatic hydroxyl groups excluding tert-OH is 1. The maximum absolute atomic E-state index is 12.5. The van der Waals surface area contributed by atoms with E-state index in [0.29, 0.717) is 31.8 Å². The van der Waals surface area contributed by atoms with Crippen molar-refractivity contribution in [3.05, 3.63) is 35.9 Å². The normalized spacial score (nSPS) is 34.0. The zero-order valence-corrected chi connectivity index (χ0v) is 17.8. The van der Waals surface area contributed by atoms with E-state index in [2.05, 4.69) is 26.0 Å². The minimum absolute atomic E-state index is 0.0513. The van der Waals surface area contributed by atoms with Crippen molar-refractivity contribution >= 4 is 5.97 Å². The van der Waals surface area contributed by atoms with E-state index in [1.54, 1.807) is 0 Å². The van der Waals surface area contributed by atoms with Crippen LogP contribution in [-0.4, -0.2) is 41.6 Å². The molecule has 1 aromatic carbocycles. The third kappa shape index (κ3) is 7.40. The summed E-state index contributed by atoms with van der Waals surface area (Å²) in [6.45, 7) is 4.81. The molecule has 2 aliphatic heterocycles. The van der Waals surface area contributed by atoms with Crippen LogP contribution in [0.25, 0.3) is 0 Å². The van der Waals surface area contributed by atoms with Gasteiger partial charge in [-0.2, -0.15) is 0 Å². The Balaban J connectivity index is 1.65. The van der Waals surface area contributed by atoms with Gasteiger partial charge < -0.3 is 19.3 Å². The van der Waals surface area contributed by atoms with Crippen molar-refractivity contribution in [1.29, 1.82) is 0 Å². The van der Waals surface area contributed by atoms with E-state index in [1.165, 1.54) is 0 Å². The van der Waals surface area contributed by atoms with Crippen molar-refractivity contribution in [2.75, 3.05) is 0 Å². The molecular formula is C24H36O5. The molecule has 29 heavy (non-hydrogen) atoms. The molecule has 2 saturated heterocycles. The first kappa shape index (κ1) is 22.3. The van der Waals surface area contributed by atoms with E-state index in [9.17, 15) is 9.90 Å². The van der Waals surface area contributed by atoms with Gasteiger partial charge in [-0.25, -0.2) is 0 Å². The Labute approximate surface area is 174 Å². The Morgan fingerprint density at radius 1 is 1.07 bits per heavy atom. The number of fused-ring (bicyclic) bond motifs is 2. The molecule has 1 N–H and O–H groups in total. The molecule has 2 heterocycles. The lowest BCUT2D eigenvalue weighted by atomic mass is 9.89. The summed E-state index contributed by atoms with van der Waals surface area (Å²) in [6, 6.07) is 10.2. The number of aliphatic hydroxyl groups is 1. The van der Waals surface area contributed by atoms with E-state index >= 15 is 0 Å². The number of rotatable bonds is 5. The quantitative estimate of drug-likeness (QED) is 0.737. The highest BCUT2D eigenvalue weighted by molar-refractivity contribution is 5.70. The first-order valence-corrected chi connectivity index (χ1v) is 11.2. The van der Waals surface area contributed by atoms with Crippen LogP contribution in [0.3, 0.4) is 0 Å². The molecule has 0 saturated carbocycles. The zero-order chi connectivity index (χ0) is 20.6. The van der Waals surface area contributed by atoms with Crippen LogP contribution in [0.2, 0.25) is 0 Å². The number of carbonyl (C=O) groups is 1. The Bertz CT molecular complexity index is 619. The minimum Gasteiger partial charge on any atom is -0.462 e.